The molecule has 150 valence electrons. The standard InChI is InChI=1S/C20H29N3O3.ClH/c1-13-11-16(9-10-21-13)20(25)22-14(2)15-3-7-18(8-4-15)26-12-19(24)23-17-5-6-17;/h3-4,7-8,13-14,16-17,21H,5-6,9-12H2,1-2H3,(H,22,25)(H,23,24);1H/t13-,14?,16-;/m0./s1. The number of carbonyl (C=O) groups excluding carboxylic acids is 2. The Morgan fingerprint density at radius 1 is 1.22 bits per heavy atom. The number of halogens is 1. The average molecular weight is 396 g/mol. The van der Waals surface area contributed by atoms with Crippen molar-refractivity contribution >= 4 is 24.2 Å². The number of rotatable bonds is 7. The van der Waals surface area contributed by atoms with Crippen molar-refractivity contribution in [2.45, 2.75) is 57.7 Å². The monoisotopic (exact) mass is 395 g/mol. The molecule has 2 fully saturated rings. The third-order valence-corrected chi connectivity index (χ3v) is 5.05. The molecule has 1 aliphatic heterocycles. The smallest absolute Gasteiger partial charge is 0.258 e. The van der Waals surface area contributed by atoms with Gasteiger partial charge in [-0.3, -0.25) is 9.59 Å². The summed E-state index contributed by atoms with van der Waals surface area (Å²) in [6, 6.07) is 8.24. The largest absolute Gasteiger partial charge is 0.484 e. The van der Waals surface area contributed by atoms with Crippen molar-refractivity contribution in [1.82, 2.24) is 16.0 Å². The zero-order chi connectivity index (χ0) is 18.5. The van der Waals surface area contributed by atoms with Crippen LogP contribution < -0.4 is 20.7 Å². The molecule has 1 saturated heterocycles. The van der Waals surface area contributed by atoms with E-state index in [9.17, 15) is 9.59 Å². The van der Waals surface area contributed by atoms with Crippen LogP contribution >= 0.6 is 12.4 Å². The van der Waals surface area contributed by atoms with Gasteiger partial charge in [-0.2, -0.15) is 0 Å². The molecule has 7 heteroatoms. The fourth-order valence-corrected chi connectivity index (χ4v) is 3.28. The number of hydrogen-bond acceptors (Lipinski definition) is 4. The average Bonchev–Trinajstić information content (AvgIpc) is 3.44. The number of hydrogen-bond donors (Lipinski definition) is 3. The summed E-state index contributed by atoms with van der Waals surface area (Å²) in [6.07, 6.45) is 3.91. The molecule has 1 saturated carbocycles. The first-order chi connectivity index (χ1) is 12.5. The maximum atomic E-state index is 12.5. The predicted molar refractivity (Wildman–Crippen MR) is 107 cm³/mol. The van der Waals surface area contributed by atoms with E-state index in [1.807, 2.05) is 31.2 Å². The van der Waals surface area contributed by atoms with Gasteiger partial charge < -0.3 is 20.7 Å². The van der Waals surface area contributed by atoms with E-state index in [1.165, 1.54) is 0 Å². The van der Waals surface area contributed by atoms with Gasteiger partial charge in [0.15, 0.2) is 6.61 Å². The Morgan fingerprint density at radius 2 is 1.93 bits per heavy atom. The lowest BCUT2D eigenvalue weighted by Crippen LogP contribution is -2.42. The van der Waals surface area contributed by atoms with E-state index in [0.717, 1.165) is 37.8 Å². The molecule has 1 unspecified atom stereocenters. The van der Waals surface area contributed by atoms with E-state index in [4.69, 9.17) is 4.74 Å². The first kappa shape index (κ1) is 21.5. The van der Waals surface area contributed by atoms with Crippen LogP contribution in [0.5, 0.6) is 5.75 Å². The fraction of sp³-hybridized carbons (Fsp3) is 0.600. The van der Waals surface area contributed by atoms with E-state index in [2.05, 4.69) is 22.9 Å². The third kappa shape index (κ3) is 6.70. The molecule has 0 aromatic heterocycles. The summed E-state index contributed by atoms with van der Waals surface area (Å²) in [7, 11) is 0. The van der Waals surface area contributed by atoms with E-state index < -0.39 is 0 Å². The number of ether oxygens (including phenoxy) is 1. The number of benzene rings is 1. The van der Waals surface area contributed by atoms with Gasteiger partial charge in [0.2, 0.25) is 5.91 Å². The summed E-state index contributed by atoms with van der Waals surface area (Å²) in [4.78, 5) is 24.1. The number of piperidine rings is 1. The van der Waals surface area contributed by atoms with Crippen molar-refractivity contribution in [2.24, 2.45) is 5.92 Å². The second-order valence-electron chi connectivity index (χ2n) is 7.51. The van der Waals surface area contributed by atoms with Gasteiger partial charge in [0.05, 0.1) is 6.04 Å². The Bertz CT molecular complexity index is 634. The van der Waals surface area contributed by atoms with E-state index in [0.29, 0.717) is 17.8 Å². The predicted octanol–water partition coefficient (Wildman–Crippen LogP) is 2.33. The molecule has 0 radical (unpaired) electrons. The van der Waals surface area contributed by atoms with Gasteiger partial charge in [-0.1, -0.05) is 12.1 Å². The van der Waals surface area contributed by atoms with Crippen molar-refractivity contribution in [2.75, 3.05) is 13.2 Å². The highest BCUT2D eigenvalue weighted by Crippen LogP contribution is 2.21. The maximum absolute atomic E-state index is 12.5. The molecule has 3 rings (SSSR count). The van der Waals surface area contributed by atoms with Crippen molar-refractivity contribution < 1.29 is 14.3 Å². The van der Waals surface area contributed by atoms with Gasteiger partial charge in [-0.25, -0.2) is 0 Å². The van der Waals surface area contributed by atoms with Crippen LogP contribution in [0.25, 0.3) is 0 Å². The number of nitrogens with one attached hydrogen (secondary N) is 3. The second kappa shape index (κ2) is 9.95. The molecule has 1 aromatic rings. The molecule has 3 N–H and O–H groups in total. The van der Waals surface area contributed by atoms with Crippen molar-refractivity contribution in [3.63, 3.8) is 0 Å². The van der Waals surface area contributed by atoms with Crippen LogP contribution in [0.3, 0.4) is 0 Å². The Labute approximate surface area is 167 Å². The van der Waals surface area contributed by atoms with E-state index >= 15 is 0 Å². The maximum Gasteiger partial charge on any atom is 0.258 e. The van der Waals surface area contributed by atoms with Crippen LogP contribution in [0.2, 0.25) is 0 Å². The van der Waals surface area contributed by atoms with Crippen LogP contribution in [-0.2, 0) is 9.59 Å². The Balaban J connectivity index is 0.00000261. The minimum atomic E-state index is -0.0755. The lowest BCUT2D eigenvalue weighted by Gasteiger charge is -2.28. The van der Waals surface area contributed by atoms with Crippen LogP contribution in [0.1, 0.15) is 51.1 Å². The molecule has 1 heterocycles. The summed E-state index contributed by atoms with van der Waals surface area (Å²) < 4.78 is 5.51. The summed E-state index contributed by atoms with van der Waals surface area (Å²) in [6.45, 7) is 5.04. The Morgan fingerprint density at radius 3 is 2.56 bits per heavy atom. The topological polar surface area (TPSA) is 79.5 Å². The molecule has 1 aliphatic carbocycles. The molecule has 0 spiro atoms. The van der Waals surface area contributed by atoms with Gasteiger partial charge in [0, 0.05) is 18.0 Å². The van der Waals surface area contributed by atoms with Gasteiger partial charge in [0.25, 0.3) is 5.91 Å². The SMILES string of the molecule is CC(NC(=O)[C@H]1CCN[C@@H](C)C1)c1ccc(OCC(=O)NC2CC2)cc1.Cl. The van der Waals surface area contributed by atoms with E-state index in [-0.39, 0.29) is 42.8 Å². The number of carbonyl (C=O) groups is 2. The minimum absolute atomic E-state index is 0. The molecule has 2 aliphatic rings. The summed E-state index contributed by atoms with van der Waals surface area (Å²) in [5, 5.41) is 9.38. The van der Waals surface area contributed by atoms with Crippen LogP contribution in [-0.4, -0.2) is 37.0 Å². The van der Waals surface area contributed by atoms with Crippen LogP contribution in [0.4, 0.5) is 0 Å². The summed E-state index contributed by atoms with van der Waals surface area (Å²) >= 11 is 0. The normalized spacial score (nSPS) is 22.9. The zero-order valence-corrected chi connectivity index (χ0v) is 16.8. The van der Waals surface area contributed by atoms with Crippen molar-refractivity contribution in [3.8, 4) is 5.75 Å². The highest BCUT2D eigenvalue weighted by Gasteiger charge is 2.26. The first-order valence-electron chi connectivity index (χ1n) is 9.57. The third-order valence-electron chi connectivity index (χ3n) is 5.05. The van der Waals surface area contributed by atoms with Gasteiger partial charge in [0.1, 0.15) is 5.75 Å². The quantitative estimate of drug-likeness (QED) is 0.662. The minimum Gasteiger partial charge on any atom is -0.484 e. The summed E-state index contributed by atoms with van der Waals surface area (Å²) in [5.74, 6) is 0.794. The molecule has 0 bridgehead atoms. The van der Waals surface area contributed by atoms with Gasteiger partial charge in [-0.15, -0.1) is 12.4 Å². The fourth-order valence-electron chi connectivity index (χ4n) is 3.28. The molecule has 6 nitrogen and oxygen atoms in total. The molecular weight excluding hydrogens is 366 g/mol. The van der Waals surface area contributed by atoms with Gasteiger partial charge >= 0.3 is 0 Å². The molecular formula is C20H30ClN3O3. The lowest BCUT2D eigenvalue weighted by atomic mass is 9.92. The van der Waals surface area contributed by atoms with Crippen molar-refractivity contribution in [3.05, 3.63) is 29.8 Å². The molecule has 2 amide bonds. The molecule has 27 heavy (non-hydrogen) atoms. The highest BCUT2D eigenvalue weighted by atomic mass is 35.5. The van der Waals surface area contributed by atoms with E-state index in [1.54, 1.807) is 0 Å². The Kier molecular flexibility index (Phi) is 7.92. The zero-order valence-electron chi connectivity index (χ0n) is 16.0. The van der Waals surface area contributed by atoms with Crippen molar-refractivity contribution in [1.29, 1.82) is 0 Å². The van der Waals surface area contributed by atoms with Crippen LogP contribution in [0.15, 0.2) is 24.3 Å². The highest BCUT2D eigenvalue weighted by molar-refractivity contribution is 5.85. The number of amides is 2. The molecule has 3 atom stereocenters. The van der Waals surface area contributed by atoms with Gasteiger partial charge in [-0.05, 0) is 63.8 Å². The first-order valence-corrected chi connectivity index (χ1v) is 9.57. The summed E-state index contributed by atoms with van der Waals surface area (Å²) in [5.41, 5.74) is 1.02. The molecule has 1 aromatic carbocycles. The Hall–Kier alpha value is -1.79. The lowest BCUT2D eigenvalue weighted by molar-refractivity contribution is -0.126. The second-order valence-corrected chi connectivity index (χ2v) is 7.51. The van der Waals surface area contributed by atoms with Crippen LogP contribution in [0, 0.1) is 5.92 Å².